The van der Waals surface area contributed by atoms with Crippen molar-refractivity contribution in [3.05, 3.63) is 113 Å². The number of rotatable bonds is 13. The first-order valence-electron chi connectivity index (χ1n) is 15.3. The molecule has 0 aliphatic rings. The summed E-state index contributed by atoms with van der Waals surface area (Å²) in [7, 11) is -4.35. The second-order valence-electron chi connectivity index (χ2n) is 11.1. The van der Waals surface area contributed by atoms with Crippen molar-refractivity contribution in [2.75, 3.05) is 16.0 Å². The Morgan fingerprint density at radius 3 is 2.18 bits per heavy atom. The molecule has 3 amide bonds. The first kappa shape index (κ1) is 36.5. The Hall–Kier alpha value is -5.37. The summed E-state index contributed by atoms with van der Waals surface area (Å²) in [6, 6.07) is 21.4. The number of nitrogens with one attached hydrogen (secondary N) is 4. The van der Waals surface area contributed by atoms with Crippen molar-refractivity contribution in [3.63, 3.8) is 0 Å². The molecule has 0 aliphatic carbocycles. The SMILES string of the molecule is CCCCCC(=O)NS(=O)(=O)c1ccc(C)cc1NC(=O)c1ccc(Nc2ccc(C(F)(F)F)cc2)c(NC(=O)OCc2ccccc2)c1. The number of anilines is 4. The van der Waals surface area contributed by atoms with Crippen molar-refractivity contribution in [2.24, 2.45) is 0 Å². The Morgan fingerprint density at radius 1 is 0.796 bits per heavy atom. The molecule has 0 radical (unpaired) electrons. The molecule has 0 fully saturated rings. The Morgan fingerprint density at radius 2 is 1.51 bits per heavy atom. The topological polar surface area (TPSA) is 143 Å². The fraction of sp³-hybridized carbons (Fsp3) is 0.229. The molecule has 0 aliphatic heterocycles. The van der Waals surface area contributed by atoms with Crippen LogP contribution in [0.25, 0.3) is 0 Å². The Labute approximate surface area is 282 Å². The van der Waals surface area contributed by atoms with E-state index in [-0.39, 0.29) is 46.2 Å². The largest absolute Gasteiger partial charge is 0.444 e. The van der Waals surface area contributed by atoms with Gasteiger partial charge in [0.25, 0.3) is 15.9 Å². The van der Waals surface area contributed by atoms with Crippen LogP contribution in [0.4, 0.5) is 40.7 Å². The lowest BCUT2D eigenvalue weighted by atomic mass is 10.1. The van der Waals surface area contributed by atoms with Crippen LogP contribution in [0.15, 0.2) is 95.9 Å². The van der Waals surface area contributed by atoms with Gasteiger partial charge in [-0.15, -0.1) is 0 Å². The Kier molecular flexibility index (Phi) is 12.0. The van der Waals surface area contributed by atoms with Crippen molar-refractivity contribution in [1.29, 1.82) is 0 Å². The third-order valence-corrected chi connectivity index (χ3v) is 8.58. The van der Waals surface area contributed by atoms with Gasteiger partial charge in [-0.2, -0.15) is 13.2 Å². The van der Waals surface area contributed by atoms with Gasteiger partial charge >= 0.3 is 12.3 Å². The number of carbonyl (C=O) groups is 3. The molecule has 0 unspecified atom stereocenters. The monoisotopic (exact) mass is 696 g/mol. The lowest BCUT2D eigenvalue weighted by Gasteiger charge is -2.17. The smallest absolute Gasteiger partial charge is 0.416 e. The number of hydrogen-bond acceptors (Lipinski definition) is 7. The zero-order valence-electron chi connectivity index (χ0n) is 26.7. The highest BCUT2D eigenvalue weighted by atomic mass is 32.2. The van der Waals surface area contributed by atoms with Crippen LogP contribution in [0.5, 0.6) is 0 Å². The van der Waals surface area contributed by atoms with Crippen molar-refractivity contribution in [2.45, 2.75) is 57.2 Å². The minimum Gasteiger partial charge on any atom is -0.444 e. The minimum absolute atomic E-state index is 0.00946. The normalized spacial score (nSPS) is 11.4. The summed E-state index contributed by atoms with van der Waals surface area (Å²) in [5, 5.41) is 8.06. The average Bonchev–Trinajstić information content (AvgIpc) is 3.04. The molecule has 4 N–H and O–H groups in total. The van der Waals surface area contributed by atoms with Crippen LogP contribution in [0.3, 0.4) is 0 Å². The summed E-state index contributed by atoms with van der Waals surface area (Å²) < 4.78 is 72.9. The van der Waals surface area contributed by atoms with E-state index in [1.165, 1.54) is 48.5 Å². The minimum atomic E-state index is -4.53. The van der Waals surface area contributed by atoms with Gasteiger partial charge in [0.05, 0.1) is 22.6 Å². The van der Waals surface area contributed by atoms with Crippen molar-refractivity contribution in [3.8, 4) is 0 Å². The van der Waals surface area contributed by atoms with Crippen LogP contribution in [-0.4, -0.2) is 26.3 Å². The molecule has 0 spiro atoms. The highest BCUT2D eigenvalue weighted by Crippen LogP contribution is 2.32. The molecule has 4 aromatic rings. The molecule has 10 nitrogen and oxygen atoms in total. The zero-order chi connectivity index (χ0) is 35.6. The molecule has 0 saturated heterocycles. The molecule has 0 atom stereocenters. The van der Waals surface area contributed by atoms with Gasteiger partial charge in [0.15, 0.2) is 0 Å². The number of unbranched alkanes of at least 4 members (excludes halogenated alkanes) is 2. The molecule has 0 heterocycles. The van der Waals surface area contributed by atoms with E-state index >= 15 is 0 Å². The average molecular weight is 697 g/mol. The van der Waals surface area contributed by atoms with Crippen molar-refractivity contribution >= 4 is 50.7 Å². The molecule has 0 aromatic heterocycles. The van der Waals surface area contributed by atoms with Gasteiger partial charge in [0, 0.05) is 17.7 Å². The number of ether oxygens (including phenoxy) is 1. The lowest BCUT2D eigenvalue weighted by Crippen LogP contribution is -2.31. The standard InChI is InChI=1S/C35H35F3N4O6S/c1-3-4-6-11-32(43)42-49(46,47)31-19-12-23(2)20-30(31)40-33(44)25-13-18-28(39-27-16-14-26(15-17-27)35(36,37)38)29(21-25)41-34(45)48-22-24-9-7-5-8-10-24/h5,7-10,12-21,39H,3-4,6,11,22H2,1-2H3,(H,40,44)(H,41,45)(H,42,43). The van der Waals surface area contributed by atoms with E-state index in [9.17, 15) is 36.0 Å². The maximum absolute atomic E-state index is 13.5. The number of hydrogen-bond donors (Lipinski definition) is 4. The number of carbonyl (C=O) groups excluding carboxylic acids is 3. The van der Waals surface area contributed by atoms with Crippen LogP contribution in [-0.2, 0) is 32.3 Å². The van der Waals surface area contributed by atoms with E-state index in [4.69, 9.17) is 4.74 Å². The quantitative estimate of drug-likeness (QED) is 0.103. The van der Waals surface area contributed by atoms with Crippen LogP contribution >= 0.6 is 0 Å². The fourth-order valence-electron chi connectivity index (χ4n) is 4.63. The molecule has 258 valence electrons. The second-order valence-corrected chi connectivity index (χ2v) is 12.7. The lowest BCUT2D eigenvalue weighted by molar-refractivity contribution is -0.137. The number of aryl methyl sites for hydroxylation is 1. The highest BCUT2D eigenvalue weighted by molar-refractivity contribution is 7.90. The van der Waals surface area contributed by atoms with E-state index < -0.39 is 39.7 Å². The van der Waals surface area contributed by atoms with Crippen LogP contribution in [0, 0.1) is 6.92 Å². The van der Waals surface area contributed by atoms with E-state index in [1.807, 2.05) is 6.92 Å². The van der Waals surface area contributed by atoms with Crippen LogP contribution in [0.1, 0.15) is 59.7 Å². The molecule has 4 aromatic carbocycles. The third kappa shape index (κ3) is 10.6. The predicted octanol–water partition coefficient (Wildman–Crippen LogP) is 8.14. The molecule has 4 rings (SSSR count). The summed E-state index contributed by atoms with van der Waals surface area (Å²) >= 11 is 0. The first-order chi connectivity index (χ1) is 23.2. The van der Waals surface area contributed by atoms with E-state index in [0.29, 0.717) is 12.0 Å². The summed E-state index contributed by atoms with van der Waals surface area (Å²) in [6.45, 7) is 3.59. The maximum Gasteiger partial charge on any atom is 0.416 e. The number of alkyl halides is 3. The predicted molar refractivity (Wildman–Crippen MR) is 180 cm³/mol. The summed E-state index contributed by atoms with van der Waals surface area (Å²) in [5.74, 6) is -1.42. The van der Waals surface area contributed by atoms with Crippen molar-refractivity contribution in [1.82, 2.24) is 4.72 Å². The number of benzene rings is 4. The molecule has 14 heteroatoms. The van der Waals surface area contributed by atoms with Gasteiger partial charge < -0.3 is 15.4 Å². The van der Waals surface area contributed by atoms with Crippen LogP contribution in [0.2, 0.25) is 0 Å². The van der Waals surface area contributed by atoms with Gasteiger partial charge in [-0.1, -0.05) is 56.2 Å². The summed E-state index contributed by atoms with van der Waals surface area (Å²) in [4.78, 5) is 38.3. The molecular formula is C35H35F3N4O6S. The van der Waals surface area contributed by atoms with Gasteiger partial charge in [-0.3, -0.25) is 14.9 Å². The van der Waals surface area contributed by atoms with E-state index in [1.54, 1.807) is 37.3 Å². The maximum atomic E-state index is 13.5. The molecular weight excluding hydrogens is 661 g/mol. The zero-order valence-corrected chi connectivity index (χ0v) is 27.5. The van der Waals surface area contributed by atoms with Crippen LogP contribution < -0.4 is 20.7 Å². The molecule has 0 bridgehead atoms. The second kappa shape index (κ2) is 16.2. The number of sulfonamides is 1. The number of halogens is 3. The highest BCUT2D eigenvalue weighted by Gasteiger charge is 2.30. The van der Waals surface area contributed by atoms with E-state index in [2.05, 4.69) is 20.7 Å². The molecule has 0 saturated carbocycles. The van der Waals surface area contributed by atoms with Gasteiger partial charge in [0.2, 0.25) is 5.91 Å². The first-order valence-corrected chi connectivity index (χ1v) is 16.8. The van der Waals surface area contributed by atoms with Gasteiger partial charge in [0.1, 0.15) is 11.5 Å². The molecule has 49 heavy (non-hydrogen) atoms. The third-order valence-electron chi connectivity index (χ3n) is 7.15. The summed E-state index contributed by atoms with van der Waals surface area (Å²) in [5.41, 5.74) is 0.934. The van der Waals surface area contributed by atoms with Crippen molar-refractivity contribution < 1.29 is 40.7 Å². The Bertz CT molecular complexity index is 1900. The van der Waals surface area contributed by atoms with Gasteiger partial charge in [-0.05, 0) is 79.1 Å². The van der Waals surface area contributed by atoms with E-state index in [0.717, 1.165) is 30.5 Å². The Balaban J connectivity index is 1.60. The van der Waals surface area contributed by atoms with Gasteiger partial charge in [-0.25, -0.2) is 17.9 Å². The fourth-order valence-corrected chi connectivity index (χ4v) is 5.79. The summed E-state index contributed by atoms with van der Waals surface area (Å²) in [6.07, 6.45) is -3.24. The number of amides is 3.